The van der Waals surface area contributed by atoms with E-state index in [1.807, 2.05) is 6.07 Å². The first-order chi connectivity index (χ1) is 16.4. The quantitative estimate of drug-likeness (QED) is 0.690. The number of aryl methyl sites for hydroxylation is 1. The van der Waals surface area contributed by atoms with Gasteiger partial charge in [0.05, 0.1) is 5.56 Å². The van der Waals surface area contributed by atoms with Gasteiger partial charge in [0, 0.05) is 29.9 Å². The lowest BCUT2D eigenvalue weighted by atomic mass is 9.84. The zero-order valence-corrected chi connectivity index (χ0v) is 18.8. The molecule has 0 radical (unpaired) electrons. The molecular formula is C26H27F2N3O3. The van der Waals surface area contributed by atoms with E-state index < -0.39 is 23.6 Å². The van der Waals surface area contributed by atoms with Crippen molar-refractivity contribution in [2.75, 3.05) is 10.6 Å². The van der Waals surface area contributed by atoms with E-state index in [2.05, 4.69) is 10.6 Å². The summed E-state index contributed by atoms with van der Waals surface area (Å²) in [5.74, 6) is -2.40. The normalized spacial score (nSPS) is 24.0. The van der Waals surface area contributed by atoms with Gasteiger partial charge in [0.25, 0.3) is 5.91 Å². The molecule has 0 bridgehead atoms. The molecule has 0 unspecified atom stereocenters. The van der Waals surface area contributed by atoms with Crippen molar-refractivity contribution in [3.8, 4) is 0 Å². The summed E-state index contributed by atoms with van der Waals surface area (Å²) < 4.78 is 27.9. The molecule has 2 fully saturated rings. The molecule has 2 aromatic carbocycles. The Balaban J connectivity index is 1.40. The van der Waals surface area contributed by atoms with Crippen molar-refractivity contribution < 1.29 is 23.2 Å². The number of fused-ring (bicyclic) bond motifs is 2. The first-order valence-corrected chi connectivity index (χ1v) is 11.9. The van der Waals surface area contributed by atoms with Crippen molar-refractivity contribution in [3.05, 3.63) is 59.2 Å². The molecular weight excluding hydrogens is 440 g/mol. The third kappa shape index (κ3) is 4.29. The summed E-state index contributed by atoms with van der Waals surface area (Å²) in [6.45, 7) is 0. The second-order valence-corrected chi connectivity index (χ2v) is 9.46. The van der Waals surface area contributed by atoms with Crippen LogP contribution in [0.25, 0.3) is 0 Å². The molecule has 6 nitrogen and oxygen atoms in total. The van der Waals surface area contributed by atoms with E-state index >= 15 is 0 Å². The van der Waals surface area contributed by atoms with E-state index in [0.717, 1.165) is 61.9 Å². The largest absolute Gasteiger partial charge is 0.326 e. The van der Waals surface area contributed by atoms with Crippen LogP contribution < -0.4 is 10.6 Å². The van der Waals surface area contributed by atoms with Crippen molar-refractivity contribution in [1.82, 2.24) is 4.90 Å². The number of anilines is 2. The standard InChI is InChI=1S/C26H27F2N3O3/c27-17-8-10-19(20(28)14-17)26(34)31-22-6-2-1-4-16(22)13-23(31)25(33)29-18-9-11-21-15(12-18)5-3-7-24(32)30-21/h8-12,14,16,22-23H,1-7,13H2,(H,29,33)(H,30,32)/t16-,22-,23-/m0/s1. The maximum atomic E-state index is 14.5. The highest BCUT2D eigenvalue weighted by molar-refractivity contribution is 6.02. The van der Waals surface area contributed by atoms with E-state index in [0.29, 0.717) is 24.6 Å². The van der Waals surface area contributed by atoms with Gasteiger partial charge in [0.2, 0.25) is 11.8 Å². The van der Waals surface area contributed by atoms with Crippen LogP contribution in [0.5, 0.6) is 0 Å². The Kier molecular flexibility index (Phi) is 6.06. The van der Waals surface area contributed by atoms with Gasteiger partial charge in [-0.25, -0.2) is 8.78 Å². The van der Waals surface area contributed by atoms with E-state index in [-0.39, 0.29) is 29.3 Å². The SMILES string of the molecule is O=C1CCCc2cc(NC(=O)[C@@H]3C[C@@H]4CCCC[C@@H]4N3C(=O)c3ccc(F)cc3F)ccc2N1. The molecule has 2 N–H and O–H groups in total. The summed E-state index contributed by atoms with van der Waals surface area (Å²) in [5.41, 5.74) is 2.07. The minimum absolute atomic E-state index is 0.0220. The minimum atomic E-state index is -0.920. The van der Waals surface area contributed by atoms with Gasteiger partial charge >= 0.3 is 0 Å². The second kappa shape index (κ2) is 9.16. The molecule has 0 aromatic heterocycles. The predicted molar refractivity (Wildman–Crippen MR) is 123 cm³/mol. The summed E-state index contributed by atoms with van der Waals surface area (Å²) in [6, 6.07) is 7.41. The lowest BCUT2D eigenvalue weighted by Gasteiger charge is -2.33. The number of hydrogen-bond acceptors (Lipinski definition) is 3. The number of nitrogens with one attached hydrogen (secondary N) is 2. The van der Waals surface area contributed by atoms with Crippen LogP contribution in [0.4, 0.5) is 20.2 Å². The van der Waals surface area contributed by atoms with Crippen LogP contribution >= 0.6 is 0 Å². The predicted octanol–water partition coefficient (Wildman–Crippen LogP) is 4.65. The van der Waals surface area contributed by atoms with Crippen LogP contribution in [0.2, 0.25) is 0 Å². The highest BCUT2D eigenvalue weighted by atomic mass is 19.1. The number of hydrogen-bond donors (Lipinski definition) is 2. The molecule has 0 spiro atoms. The minimum Gasteiger partial charge on any atom is -0.326 e. The van der Waals surface area contributed by atoms with Gasteiger partial charge in [-0.15, -0.1) is 0 Å². The van der Waals surface area contributed by atoms with Gasteiger partial charge in [-0.1, -0.05) is 12.8 Å². The number of carbonyl (C=O) groups excluding carboxylic acids is 3. The average Bonchev–Trinajstić information content (AvgIpc) is 3.10. The van der Waals surface area contributed by atoms with Crippen LogP contribution in [0, 0.1) is 17.6 Å². The summed E-state index contributed by atoms with van der Waals surface area (Å²) in [4.78, 5) is 40.1. The van der Waals surface area contributed by atoms with Crippen LogP contribution in [0.3, 0.4) is 0 Å². The Labute approximate surface area is 196 Å². The molecule has 178 valence electrons. The summed E-state index contributed by atoms with van der Waals surface area (Å²) in [6.07, 6.45) is 6.10. The monoisotopic (exact) mass is 467 g/mol. The van der Waals surface area contributed by atoms with Crippen molar-refractivity contribution >= 4 is 29.1 Å². The fourth-order valence-electron chi connectivity index (χ4n) is 5.67. The molecule has 2 aromatic rings. The van der Waals surface area contributed by atoms with Crippen LogP contribution in [-0.4, -0.2) is 34.7 Å². The topological polar surface area (TPSA) is 78.5 Å². The maximum Gasteiger partial charge on any atom is 0.257 e. The molecule has 34 heavy (non-hydrogen) atoms. The molecule has 1 aliphatic carbocycles. The Hall–Kier alpha value is -3.29. The Bertz CT molecular complexity index is 1150. The summed E-state index contributed by atoms with van der Waals surface area (Å²) in [7, 11) is 0. The van der Waals surface area contributed by atoms with Crippen LogP contribution in [0.15, 0.2) is 36.4 Å². The lowest BCUT2D eigenvalue weighted by Crippen LogP contribution is -2.48. The number of carbonyl (C=O) groups is 3. The third-order valence-electron chi connectivity index (χ3n) is 7.28. The van der Waals surface area contributed by atoms with Gasteiger partial charge in [0.1, 0.15) is 17.7 Å². The first kappa shape index (κ1) is 22.5. The molecule has 5 rings (SSSR count). The number of rotatable bonds is 3. The number of nitrogens with zero attached hydrogens (tertiary/aromatic N) is 1. The van der Waals surface area contributed by atoms with Gasteiger partial charge < -0.3 is 15.5 Å². The Morgan fingerprint density at radius 1 is 1.00 bits per heavy atom. The molecule has 3 aliphatic rings. The maximum absolute atomic E-state index is 14.5. The smallest absolute Gasteiger partial charge is 0.257 e. The Morgan fingerprint density at radius 3 is 2.65 bits per heavy atom. The molecule has 1 saturated heterocycles. The Morgan fingerprint density at radius 2 is 1.82 bits per heavy atom. The highest BCUT2D eigenvalue weighted by Gasteiger charge is 2.48. The number of likely N-dealkylation sites (tertiary alicyclic amines) is 1. The van der Waals surface area contributed by atoms with E-state index in [1.165, 1.54) is 4.90 Å². The number of halogens is 2. The van der Waals surface area contributed by atoms with Gasteiger partial charge in [-0.3, -0.25) is 14.4 Å². The molecule has 2 aliphatic heterocycles. The number of benzene rings is 2. The van der Waals surface area contributed by atoms with E-state index in [4.69, 9.17) is 0 Å². The number of amides is 3. The molecule has 3 amide bonds. The van der Waals surface area contributed by atoms with Crippen LogP contribution in [-0.2, 0) is 16.0 Å². The summed E-state index contributed by atoms with van der Waals surface area (Å²) in [5, 5.41) is 5.81. The van der Waals surface area contributed by atoms with Crippen molar-refractivity contribution in [3.63, 3.8) is 0 Å². The molecule has 3 atom stereocenters. The lowest BCUT2D eigenvalue weighted by molar-refractivity contribution is -0.120. The van der Waals surface area contributed by atoms with Gasteiger partial charge in [0.15, 0.2) is 0 Å². The van der Waals surface area contributed by atoms with E-state index in [9.17, 15) is 23.2 Å². The van der Waals surface area contributed by atoms with Crippen molar-refractivity contribution in [2.45, 2.75) is 63.5 Å². The zero-order valence-electron chi connectivity index (χ0n) is 18.8. The third-order valence-corrected chi connectivity index (χ3v) is 7.28. The van der Waals surface area contributed by atoms with Gasteiger partial charge in [-0.05, 0) is 73.9 Å². The fraction of sp³-hybridized carbons (Fsp3) is 0.423. The van der Waals surface area contributed by atoms with Crippen molar-refractivity contribution in [1.29, 1.82) is 0 Å². The van der Waals surface area contributed by atoms with Gasteiger partial charge in [-0.2, -0.15) is 0 Å². The molecule has 8 heteroatoms. The van der Waals surface area contributed by atoms with Crippen molar-refractivity contribution in [2.24, 2.45) is 5.92 Å². The van der Waals surface area contributed by atoms with Crippen LogP contribution in [0.1, 0.15) is 60.9 Å². The second-order valence-electron chi connectivity index (χ2n) is 9.46. The average molecular weight is 468 g/mol. The summed E-state index contributed by atoms with van der Waals surface area (Å²) >= 11 is 0. The van der Waals surface area contributed by atoms with E-state index in [1.54, 1.807) is 12.1 Å². The molecule has 1 saturated carbocycles. The first-order valence-electron chi connectivity index (χ1n) is 11.9. The molecule has 2 heterocycles. The highest BCUT2D eigenvalue weighted by Crippen LogP contribution is 2.41. The zero-order chi connectivity index (χ0) is 23.8. The fourth-order valence-corrected chi connectivity index (χ4v) is 5.67.